The Kier molecular flexibility index (Phi) is 6.63. The van der Waals surface area contributed by atoms with Crippen molar-refractivity contribution in [2.45, 2.75) is 40.4 Å². The Balaban J connectivity index is 1.76. The normalized spacial score (nSPS) is 12.5. The standard InChI is InChI=1S/C24H28F2N2/c1-18(2)14-27(15-21-9-10-23(25)24(26)13-21)17-22-8-5-11-28(22)16-20-7-4-6-19(3)12-20/h4-13,18H,14-17H2,1-3H3/p+1. The van der Waals surface area contributed by atoms with E-state index in [9.17, 15) is 8.78 Å². The highest BCUT2D eigenvalue weighted by molar-refractivity contribution is 5.23. The summed E-state index contributed by atoms with van der Waals surface area (Å²) in [4.78, 5) is 1.34. The molecule has 2 aromatic carbocycles. The zero-order chi connectivity index (χ0) is 20.1. The van der Waals surface area contributed by atoms with E-state index in [0.29, 0.717) is 12.5 Å². The third kappa shape index (κ3) is 5.52. The lowest BCUT2D eigenvalue weighted by atomic mass is 10.1. The van der Waals surface area contributed by atoms with Gasteiger partial charge in [-0.2, -0.15) is 0 Å². The molecule has 0 fully saturated rings. The molecule has 1 atom stereocenters. The van der Waals surface area contributed by atoms with Gasteiger partial charge in [0.2, 0.25) is 0 Å². The minimum atomic E-state index is -0.791. The largest absolute Gasteiger partial charge is 0.342 e. The Morgan fingerprint density at radius 3 is 2.43 bits per heavy atom. The van der Waals surface area contributed by atoms with Crippen molar-refractivity contribution >= 4 is 0 Å². The molecule has 0 aliphatic rings. The van der Waals surface area contributed by atoms with Crippen LogP contribution in [-0.4, -0.2) is 11.1 Å². The molecule has 1 unspecified atom stereocenters. The number of aromatic nitrogens is 1. The van der Waals surface area contributed by atoms with Crippen LogP contribution >= 0.6 is 0 Å². The quantitative estimate of drug-likeness (QED) is 0.592. The van der Waals surface area contributed by atoms with Crippen molar-refractivity contribution in [2.75, 3.05) is 6.54 Å². The zero-order valence-electron chi connectivity index (χ0n) is 16.9. The van der Waals surface area contributed by atoms with Gasteiger partial charge >= 0.3 is 0 Å². The number of hydrogen-bond donors (Lipinski definition) is 1. The van der Waals surface area contributed by atoms with Crippen molar-refractivity contribution in [1.82, 2.24) is 4.57 Å². The van der Waals surface area contributed by atoms with Crippen LogP contribution in [0.5, 0.6) is 0 Å². The maximum absolute atomic E-state index is 13.6. The van der Waals surface area contributed by atoms with Gasteiger partial charge in [-0.3, -0.25) is 0 Å². The van der Waals surface area contributed by atoms with Gasteiger partial charge in [-0.15, -0.1) is 0 Å². The number of halogens is 2. The molecule has 28 heavy (non-hydrogen) atoms. The van der Waals surface area contributed by atoms with Crippen LogP contribution < -0.4 is 4.90 Å². The highest BCUT2D eigenvalue weighted by atomic mass is 19.2. The number of benzene rings is 2. The lowest BCUT2D eigenvalue weighted by Crippen LogP contribution is -3.10. The first-order chi connectivity index (χ1) is 13.4. The second-order valence-corrected chi connectivity index (χ2v) is 8.07. The van der Waals surface area contributed by atoms with Gasteiger partial charge in [-0.1, -0.05) is 49.7 Å². The van der Waals surface area contributed by atoms with Crippen LogP contribution in [0.15, 0.2) is 60.8 Å². The van der Waals surface area contributed by atoms with Crippen molar-refractivity contribution in [3.8, 4) is 0 Å². The van der Waals surface area contributed by atoms with Crippen LogP contribution in [0.2, 0.25) is 0 Å². The molecular weight excluding hydrogens is 354 g/mol. The molecule has 2 nitrogen and oxygen atoms in total. The molecule has 1 heterocycles. The third-order valence-corrected chi connectivity index (χ3v) is 4.93. The molecule has 0 saturated heterocycles. The van der Waals surface area contributed by atoms with Crippen molar-refractivity contribution in [2.24, 2.45) is 5.92 Å². The van der Waals surface area contributed by atoms with E-state index in [-0.39, 0.29) is 0 Å². The third-order valence-electron chi connectivity index (χ3n) is 4.93. The molecule has 0 radical (unpaired) electrons. The fraction of sp³-hybridized carbons (Fsp3) is 0.333. The van der Waals surface area contributed by atoms with E-state index in [1.165, 1.54) is 33.9 Å². The van der Waals surface area contributed by atoms with Gasteiger partial charge in [0, 0.05) is 24.2 Å². The maximum Gasteiger partial charge on any atom is 0.159 e. The van der Waals surface area contributed by atoms with Crippen LogP contribution in [0.3, 0.4) is 0 Å². The van der Waals surface area contributed by atoms with Gasteiger partial charge in [0.05, 0.1) is 12.2 Å². The fourth-order valence-corrected chi connectivity index (χ4v) is 3.75. The van der Waals surface area contributed by atoms with Gasteiger partial charge in [0.1, 0.15) is 13.1 Å². The van der Waals surface area contributed by atoms with Crippen molar-refractivity contribution in [3.63, 3.8) is 0 Å². The summed E-state index contributed by atoms with van der Waals surface area (Å²) in [6.45, 7) is 9.81. The molecule has 0 amide bonds. The van der Waals surface area contributed by atoms with Crippen LogP contribution in [0.4, 0.5) is 8.78 Å². The van der Waals surface area contributed by atoms with E-state index in [2.05, 4.69) is 67.9 Å². The predicted molar refractivity (Wildman–Crippen MR) is 109 cm³/mol. The number of hydrogen-bond acceptors (Lipinski definition) is 0. The number of nitrogens with one attached hydrogen (secondary N) is 1. The van der Waals surface area contributed by atoms with Crippen LogP contribution in [-0.2, 0) is 19.6 Å². The molecule has 0 bridgehead atoms. The van der Waals surface area contributed by atoms with Gasteiger partial charge in [-0.25, -0.2) is 8.78 Å². The number of rotatable bonds is 8. The average molecular weight is 384 g/mol. The predicted octanol–water partition coefficient (Wildman–Crippen LogP) is 4.36. The molecular formula is C24H29F2N2+. The van der Waals surface area contributed by atoms with E-state index in [1.807, 2.05) is 0 Å². The van der Waals surface area contributed by atoms with E-state index in [4.69, 9.17) is 0 Å². The number of quaternary nitrogens is 1. The SMILES string of the molecule is Cc1cccc(Cn2cccc2C[NH+](Cc2ccc(F)c(F)c2)CC(C)C)c1. The van der Waals surface area contributed by atoms with Gasteiger partial charge in [0.25, 0.3) is 0 Å². The Bertz CT molecular complexity index is 914. The Hall–Kier alpha value is -2.46. The zero-order valence-corrected chi connectivity index (χ0v) is 16.9. The van der Waals surface area contributed by atoms with Crippen LogP contribution in [0.1, 0.15) is 36.2 Å². The molecule has 4 heteroatoms. The van der Waals surface area contributed by atoms with Crippen molar-refractivity contribution in [3.05, 3.63) is 94.8 Å². The maximum atomic E-state index is 13.6. The highest BCUT2D eigenvalue weighted by Gasteiger charge is 2.16. The van der Waals surface area contributed by atoms with E-state index >= 15 is 0 Å². The highest BCUT2D eigenvalue weighted by Crippen LogP contribution is 2.11. The summed E-state index contributed by atoms with van der Waals surface area (Å²) in [7, 11) is 0. The summed E-state index contributed by atoms with van der Waals surface area (Å²) in [6, 6.07) is 17.0. The summed E-state index contributed by atoms with van der Waals surface area (Å²) < 4.78 is 29.2. The molecule has 1 aromatic heterocycles. The molecule has 148 valence electrons. The summed E-state index contributed by atoms with van der Waals surface area (Å²) in [5, 5.41) is 0. The Labute approximate surface area is 166 Å². The molecule has 1 N–H and O–H groups in total. The summed E-state index contributed by atoms with van der Waals surface area (Å²) in [5.41, 5.74) is 4.62. The molecule has 3 aromatic rings. The van der Waals surface area contributed by atoms with Gasteiger partial charge in [-0.05, 0) is 36.8 Å². The fourth-order valence-electron chi connectivity index (χ4n) is 3.75. The molecule has 0 aliphatic carbocycles. The van der Waals surface area contributed by atoms with E-state index in [0.717, 1.165) is 25.2 Å². The Morgan fingerprint density at radius 1 is 0.893 bits per heavy atom. The van der Waals surface area contributed by atoms with E-state index in [1.54, 1.807) is 6.07 Å². The van der Waals surface area contributed by atoms with Gasteiger partial charge < -0.3 is 9.47 Å². The topological polar surface area (TPSA) is 9.37 Å². The summed E-state index contributed by atoms with van der Waals surface area (Å²) in [6.07, 6.45) is 2.11. The van der Waals surface area contributed by atoms with Crippen molar-refractivity contribution in [1.29, 1.82) is 0 Å². The first-order valence-corrected chi connectivity index (χ1v) is 9.88. The van der Waals surface area contributed by atoms with Crippen LogP contribution in [0, 0.1) is 24.5 Å². The lowest BCUT2D eigenvalue weighted by molar-refractivity contribution is -0.930. The Morgan fingerprint density at radius 2 is 1.71 bits per heavy atom. The minimum Gasteiger partial charge on any atom is -0.342 e. The summed E-state index contributed by atoms with van der Waals surface area (Å²) in [5.74, 6) is -1.05. The first-order valence-electron chi connectivity index (χ1n) is 9.88. The first kappa shape index (κ1) is 20.3. The average Bonchev–Trinajstić information content (AvgIpc) is 3.04. The van der Waals surface area contributed by atoms with Gasteiger partial charge in [0.15, 0.2) is 11.6 Å². The van der Waals surface area contributed by atoms with Crippen molar-refractivity contribution < 1.29 is 13.7 Å². The lowest BCUT2D eigenvalue weighted by Gasteiger charge is -2.22. The molecule has 0 spiro atoms. The number of aryl methyl sites for hydroxylation is 1. The number of nitrogens with zero attached hydrogens (tertiary/aromatic N) is 1. The second-order valence-electron chi connectivity index (χ2n) is 8.07. The second kappa shape index (κ2) is 9.16. The van der Waals surface area contributed by atoms with Crippen LogP contribution in [0.25, 0.3) is 0 Å². The monoisotopic (exact) mass is 383 g/mol. The molecule has 0 aliphatic heterocycles. The summed E-state index contributed by atoms with van der Waals surface area (Å²) >= 11 is 0. The smallest absolute Gasteiger partial charge is 0.159 e. The minimum absolute atomic E-state index is 0.514. The van der Waals surface area contributed by atoms with E-state index < -0.39 is 11.6 Å². The molecule has 3 rings (SSSR count). The molecule has 0 saturated carbocycles.